The highest BCUT2D eigenvalue weighted by molar-refractivity contribution is 5.76. The van der Waals surface area contributed by atoms with Crippen LogP contribution in [0.5, 0.6) is 0 Å². The van der Waals surface area contributed by atoms with E-state index in [1.165, 1.54) is 32.1 Å². The van der Waals surface area contributed by atoms with E-state index >= 15 is 0 Å². The number of carboxylic acids is 1. The maximum absolute atomic E-state index is 11.7. The van der Waals surface area contributed by atoms with Gasteiger partial charge in [-0.2, -0.15) is 0 Å². The van der Waals surface area contributed by atoms with Crippen LogP contribution in [-0.4, -0.2) is 29.7 Å². The Morgan fingerprint density at radius 2 is 1.89 bits per heavy atom. The fraction of sp³-hybridized carbons (Fsp3) is 0.857. The fourth-order valence-corrected chi connectivity index (χ4v) is 2.63. The van der Waals surface area contributed by atoms with Crippen molar-refractivity contribution in [2.45, 2.75) is 58.4 Å². The highest BCUT2D eigenvalue weighted by Gasteiger charge is 2.22. The van der Waals surface area contributed by atoms with E-state index in [4.69, 9.17) is 5.11 Å². The Labute approximate surface area is 115 Å². The van der Waals surface area contributed by atoms with Gasteiger partial charge in [0.2, 0.25) is 0 Å². The van der Waals surface area contributed by atoms with Crippen LogP contribution >= 0.6 is 0 Å². The SMILES string of the molecule is CCC(CNC(=O)NC(C)C1CCCCC1)C(=O)O. The van der Waals surface area contributed by atoms with Gasteiger partial charge in [-0.1, -0.05) is 26.2 Å². The van der Waals surface area contributed by atoms with E-state index in [-0.39, 0.29) is 18.6 Å². The second kappa shape index (κ2) is 8.02. The van der Waals surface area contributed by atoms with Crippen molar-refractivity contribution in [2.24, 2.45) is 11.8 Å². The Morgan fingerprint density at radius 3 is 2.42 bits per heavy atom. The van der Waals surface area contributed by atoms with Crippen LogP contribution in [0.15, 0.2) is 0 Å². The number of rotatable bonds is 6. The van der Waals surface area contributed by atoms with Gasteiger partial charge in [0.25, 0.3) is 0 Å². The first-order valence-corrected chi connectivity index (χ1v) is 7.31. The molecule has 0 heterocycles. The molecule has 0 aromatic carbocycles. The monoisotopic (exact) mass is 270 g/mol. The van der Waals surface area contributed by atoms with Gasteiger partial charge in [-0.3, -0.25) is 4.79 Å². The van der Waals surface area contributed by atoms with Crippen molar-refractivity contribution in [2.75, 3.05) is 6.54 Å². The molecule has 2 atom stereocenters. The minimum atomic E-state index is -0.858. The van der Waals surface area contributed by atoms with E-state index < -0.39 is 11.9 Å². The molecule has 0 bridgehead atoms. The smallest absolute Gasteiger partial charge is 0.315 e. The molecule has 2 unspecified atom stereocenters. The molecule has 0 aliphatic heterocycles. The zero-order chi connectivity index (χ0) is 14.3. The number of carbonyl (C=O) groups is 2. The molecule has 0 spiro atoms. The fourth-order valence-electron chi connectivity index (χ4n) is 2.63. The predicted octanol–water partition coefficient (Wildman–Crippen LogP) is 2.37. The lowest BCUT2D eigenvalue weighted by Crippen LogP contribution is -2.46. The maximum Gasteiger partial charge on any atom is 0.315 e. The normalized spacial score (nSPS) is 19.5. The lowest BCUT2D eigenvalue weighted by molar-refractivity contribution is -0.141. The summed E-state index contributed by atoms with van der Waals surface area (Å²) >= 11 is 0. The molecule has 1 rings (SSSR count). The third kappa shape index (κ3) is 5.49. The molecule has 2 amide bonds. The first kappa shape index (κ1) is 15.8. The Balaban J connectivity index is 2.27. The Kier molecular flexibility index (Phi) is 6.67. The molecular weight excluding hydrogens is 244 g/mol. The summed E-state index contributed by atoms with van der Waals surface area (Å²) in [7, 11) is 0. The van der Waals surface area contributed by atoms with Gasteiger partial charge < -0.3 is 15.7 Å². The van der Waals surface area contributed by atoms with Gasteiger partial charge in [-0.15, -0.1) is 0 Å². The molecule has 5 heteroatoms. The number of aliphatic carboxylic acids is 1. The molecule has 0 radical (unpaired) electrons. The largest absolute Gasteiger partial charge is 0.481 e. The molecule has 0 saturated heterocycles. The number of carboxylic acid groups (broad SMARTS) is 1. The number of hydrogen-bond donors (Lipinski definition) is 3. The average molecular weight is 270 g/mol. The molecule has 1 aliphatic rings. The molecular formula is C14H26N2O3. The first-order chi connectivity index (χ1) is 9.04. The van der Waals surface area contributed by atoms with Crippen LogP contribution < -0.4 is 10.6 Å². The van der Waals surface area contributed by atoms with Crippen LogP contribution in [0.1, 0.15) is 52.4 Å². The van der Waals surface area contributed by atoms with Crippen molar-refractivity contribution in [3.8, 4) is 0 Å². The van der Waals surface area contributed by atoms with Crippen LogP contribution in [0, 0.1) is 11.8 Å². The van der Waals surface area contributed by atoms with Crippen LogP contribution in [0.4, 0.5) is 4.79 Å². The third-order valence-corrected chi connectivity index (χ3v) is 4.07. The highest BCUT2D eigenvalue weighted by Crippen LogP contribution is 2.26. The zero-order valence-electron chi connectivity index (χ0n) is 11.9. The number of amides is 2. The second-order valence-corrected chi connectivity index (χ2v) is 5.48. The number of urea groups is 1. The molecule has 1 saturated carbocycles. The molecule has 0 aromatic rings. The number of carbonyl (C=O) groups excluding carboxylic acids is 1. The van der Waals surface area contributed by atoms with Crippen molar-refractivity contribution in [3.05, 3.63) is 0 Å². The summed E-state index contributed by atoms with van der Waals surface area (Å²) in [4.78, 5) is 22.6. The lowest BCUT2D eigenvalue weighted by atomic mass is 9.85. The van der Waals surface area contributed by atoms with Gasteiger partial charge in [-0.05, 0) is 32.1 Å². The summed E-state index contributed by atoms with van der Waals surface area (Å²) in [5.41, 5.74) is 0. The molecule has 3 N–H and O–H groups in total. The summed E-state index contributed by atoms with van der Waals surface area (Å²) in [5.74, 6) is -0.806. The standard InChI is InChI=1S/C14H26N2O3/c1-3-11(13(17)18)9-15-14(19)16-10(2)12-7-5-4-6-8-12/h10-12H,3-9H2,1-2H3,(H,17,18)(H2,15,16,19). The number of nitrogens with one attached hydrogen (secondary N) is 2. The van der Waals surface area contributed by atoms with Crippen LogP contribution in [0.3, 0.4) is 0 Å². The van der Waals surface area contributed by atoms with E-state index in [0.29, 0.717) is 12.3 Å². The lowest BCUT2D eigenvalue weighted by Gasteiger charge is -2.28. The van der Waals surface area contributed by atoms with Gasteiger partial charge >= 0.3 is 12.0 Å². The molecule has 5 nitrogen and oxygen atoms in total. The van der Waals surface area contributed by atoms with Crippen LogP contribution in [0.25, 0.3) is 0 Å². The summed E-state index contributed by atoms with van der Waals surface area (Å²) in [6.45, 7) is 4.03. The summed E-state index contributed by atoms with van der Waals surface area (Å²) in [6, 6.07) is -0.0945. The van der Waals surface area contributed by atoms with Crippen molar-refractivity contribution in [1.29, 1.82) is 0 Å². The topological polar surface area (TPSA) is 78.4 Å². The van der Waals surface area contributed by atoms with Crippen LogP contribution in [0.2, 0.25) is 0 Å². The summed E-state index contributed by atoms with van der Waals surface area (Å²) in [6.07, 6.45) is 6.66. The van der Waals surface area contributed by atoms with Gasteiger partial charge in [0.05, 0.1) is 5.92 Å². The molecule has 0 aromatic heterocycles. The highest BCUT2D eigenvalue weighted by atomic mass is 16.4. The maximum atomic E-state index is 11.7. The predicted molar refractivity (Wildman–Crippen MR) is 74.0 cm³/mol. The Hall–Kier alpha value is -1.26. The summed E-state index contributed by atoms with van der Waals surface area (Å²) in [5, 5.41) is 14.5. The first-order valence-electron chi connectivity index (χ1n) is 7.31. The van der Waals surface area contributed by atoms with E-state index in [2.05, 4.69) is 10.6 Å². The zero-order valence-corrected chi connectivity index (χ0v) is 11.9. The quantitative estimate of drug-likeness (QED) is 0.693. The second-order valence-electron chi connectivity index (χ2n) is 5.48. The number of hydrogen-bond acceptors (Lipinski definition) is 2. The van der Waals surface area contributed by atoms with E-state index in [1.807, 2.05) is 13.8 Å². The Bertz CT molecular complexity index is 301. The minimum Gasteiger partial charge on any atom is -0.481 e. The van der Waals surface area contributed by atoms with E-state index in [0.717, 1.165) is 0 Å². The summed E-state index contributed by atoms with van der Waals surface area (Å²) < 4.78 is 0. The Morgan fingerprint density at radius 1 is 1.26 bits per heavy atom. The van der Waals surface area contributed by atoms with Crippen LogP contribution in [-0.2, 0) is 4.79 Å². The van der Waals surface area contributed by atoms with Crippen molar-refractivity contribution in [3.63, 3.8) is 0 Å². The van der Waals surface area contributed by atoms with Gasteiger partial charge in [0.1, 0.15) is 0 Å². The van der Waals surface area contributed by atoms with Crippen molar-refractivity contribution < 1.29 is 14.7 Å². The average Bonchev–Trinajstić information content (AvgIpc) is 2.40. The van der Waals surface area contributed by atoms with Crippen molar-refractivity contribution in [1.82, 2.24) is 10.6 Å². The molecule has 110 valence electrons. The van der Waals surface area contributed by atoms with Gasteiger partial charge in [0, 0.05) is 12.6 Å². The van der Waals surface area contributed by atoms with E-state index in [1.54, 1.807) is 0 Å². The third-order valence-electron chi connectivity index (χ3n) is 4.07. The minimum absolute atomic E-state index is 0.158. The molecule has 1 fully saturated rings. The van der Waals surface area contributed by atoms with Crippen molar-refractivity contribution >= 4 is 12.0 Å². The van der Waals surface area contributed by atoms with Gasteiger partial charge in [0.15, 0.2) is 0 Å². The van der Waals surface area contributed by atoms with Gasteiger partial charge in [-0.25, -0.2) is 4.79 Å². The molecule has 19 heavy (non-hydrogen) atoms. The van der Waals surface area contributed by atoms with E-state index in [9.17, 15) is 9.59 Å². The molecule has 1 aliphatic carbocycles.